The molecule has 1 aliphatic carbocycles. The summed E-state index contributed by atoms with van der Waals surface area (Å²) in [5.74, 6) is 1.68. The Hall–Kier alpha value is -1.03. The molecule has 1 heterocycles. The van der Waals surface area contributed by atoms with Gasteiger partial charge >= 0.3 is 0 Å². The van der Waals surface area contributed by atoms with Gasteiger partial charge in [-0.1, -0.05) is 6.92 Å². The van der Waals surface area contributed by atoms with Crippen molar-refractivity contribution >= 4 is 0 Å². The van der Waals surface area contributed by atoms with E-state index < -0.39 is 0 Å². The Bertz CT molecular complexity index is 323. The fourth-order valence-electron chi connectivity index (χ4n) is 2.24. The molecular weight excluding hydrogens is 202 g/mol. The van der Waals surface area contributed by atoms with E-state index in [1.54, 1.807) is 7.11 Å². The van der Waals surface area contributed by atoms with Crippen molar-refractivity contribution in [2.75, 3.05) is 13.7 Å². The second-order valence-electron chi connectivity index (χ2n) is 4.29. The minimum atomic E-state index is 0.405. The molecule has 1 saturated carbocycles. The molecule has 2 rings (SSSR count). The molecule has 1 aromatic heterocycles. The second kappa shape index (κ2) is 4.87. The highest BCUT2D eigenvalue weighted by Crippen LogP contribution is 2.43. The Balaban J connectivity index is 2.29. The predicted molar refractivity (Wildman–Crippen MR) is 63.6 cm³/mol. The highest BCUT2D eigenvalue weighted by atomic mass is 16.5. The molecule has 0 saturated heterocycles. The number of aryl methyl sites for hydroxylation is 1. The van der Waals surface area contributed by atoms with Gasteiger partial charge in [0, 0.05) is 6.54 Å². The monoisotopic (exact) mass is 223 g/mol. The first-order valence-electron chi connectivity index (χ1n) is 6.14. The summed E-state index contributed by atoms with van der Waals surface area (Å²) in [7, 11) is 1.72. The Morgan fingerprint density at radius 2 is 2.31 bits per heavy atom. The molecule has 4 heteroatoms. The van der Waals surface area contributed by atoms with Crippen LogP contribution in [-0.4, -0.2) is 23.4 Å². The van der Waals surface area contributed by atoms with Crippen LogP contribution in [-0.2, 0) is 6.54 Å². The number of methoxy groups -OCH3 is 1. The second-order valence-corrected chi connectivity index (χ2v) is 4.29. The first kappa shape index (κ1) is 11.5. The van der Waals surface area contributed by atoms with Crippen molar-refractivity contribution in [3.05, 3.63) is 11.9 Å². The largest absolute Gasteiger partial charge is 0.493 e. The molecule has 0 radical (unpaired) electrons. The SMILES string of the molecule is CCNC(c1c(OC)cnn1CC)C1CC1. The standard InChI is InChI=1S/C12H21N3O/c1-4-13-11(9-6-7-9)12-10(16-3)8-14-15(12)5-2/h8-9,11,13H,4-7H2,1-3H3. The summed E-state index contributed by atoms with van der Waals surface area (Å²) in [5, 5.41) is 7.93. The summed E-state index contributed by atoms with van der Waals surface area (Å²) >= 11 is 0. The van der Waals surface area contributed by atoms with Gasteiger partial charge in [0.05, 0.1) is 25.0 Å². The molecule has 1 aromatic rings. The lowest BCUT2D eigenvalue weighted by atomic mass is 10.1. The Morgan fingerprint density at radius 1 is 1.56 bits per heavy atom. The summed E-state index contributed by atoms with van der Waals surface area (Å²) in [6, 6.07) is 0.405. The third-order valence-corrected chi connectivity index (χ3v) is 3.18. The van der Waals surface area contributed by atoms with Crippen LogP contribution in [0.5, 0.6) is 5.75 Å². The highest BCUT2D eigenvalue weighted by Gasteiger charge is 2.35. The van der Waals surface area contributed by atoms with Crippen molar-refractivity contribution in [2.24, 2.45) is 5.92 Å². The predicted octanol–water partition coefficient (Wildman–Crippen LogP) is 1.97. The van der Waals surface area contributed by atoms with Crippen molar-refractivity contribution in [2.45, 2.75) is 39.3 Å². The van der Waals surface area contributed by atoms with E-state index in [9.17, 15) is 0 Å². The van der Waals surface area contributed by atoms with E-state index in [4.69, 9.17) is 4.74 Å². The quantitative estimate of drug-likeness (QED) is 0.801. The molecule has 1 fully saturated rings. The molecule has 0 amide bonds. The van der Waals surface area contributed by atoms with E-state index >= 15 is 0 Å². The van der Waals surface area contributed by atoms with Crippen LogP contribution in [0.2, 0.25) is 0 Å². The number of hydrogen-bond acceptors (Lipinski definition) is 3. The van der Waals surface area contributed by atoms with Gasteiger partial charge in [-0.05, 0) is 32.2 Å². The van der Waals surface area contributed by atoms with Crippen LogP contribution in [0.4, 0.5) is 0 Å². The van der Waals surface area contributed by atoms with Gasteiger partial charge in [-0.3, -0.25) is 4.68 Å². The van der Waals surface area contributed by atoms with Gasteiger partial charge in [0.15, 0.2) is 5.75 Å². The molecule has 90 valence electrons. The number of hydrogen-bond donors (Lipinski definition) is 1. The van der Waals surface area contributed by atoms with Gasteiger partial charge in [0.25, 0.3) is 0 Å². The average Bonchev–Trinajstić information content (AvgIpc) is 3.05. The minimum absolute atomic E-state index is 0.405. The van der Waals surface area contributed by atoms with E-state index in [0.717, 1.165) is 24.8 Å². The third-order valence-electron chi connectivity index (χ3n) is 3.18. The van der Waals surface area contributed by atoms with Gasteiger partial charge in [0.2, 0.25) is 0 Å². The number of nitrogens with zero attached hydrogens (tertiary/aromatic N) is 2. The highest BCUT2D eigenvalue weighted by molar-refractivity contribution is 5.29. The topological polar surface area (TPSA) is 39.1 Å². The lowest BCUT2D eigenvalue weighted by Gasteiger charge is -2.19. The van der Waals surface area contributed by atoms with Crippen molar-refractivity contribution in [3.63, 3.8) is 0 Å². The van der Waals surface area contributed by atoms with Crippen LogP contribution in [0.25, 0.3) is 0 Å². The molecule has 0 aliphatic heterocycles. The van der Waals surface area contributed by atoms with Crippen LogP contribution >= 0.6 is 0 Å². The summed E-state index contributed by atoms with van der Waals surface area (Å²) in [6.45, 7) is 6.15. The number of nitrogens with one attached hydrogen (secondary N) is 1. The maximum Gasteiger partial charge on any atom is 0.161 e. The van der Waals surface area contributed by atoms with Crippen molar-refractivity contribution in [1.29, 1.82) is 0 Å². The zero-order valence-electron chi connectivity index (χ0n) is 10.4. The van der Waals surface area contributed by atoms with E-state index in [1.165, 1.54) is 18.5 Å². The summed E-state index contributed by atoms with van der Waals surface area (Å²) in [6.07, 6.45) is 4.46. The zero-order chi connectivity index (χ0) is 11.5. The summed E-state index contributed by atoms with van der Waals surface area (Å²) in [5.41, 5.74) is 1.22. The van der Waals surface area contributed by atoms with E-state index in [0.29, 0.717) is 6.04 Å². The van der Waals surface area contributed by atoms with Crippen LogP contribution in [0.15, 0.2) is 6.20 Å². The fourth-order valence-corrected chi connectivity index (χ4v) is 2.24. The van der Waals surface area contributed by atoms with E-state index in [1.807, 2.05) is 10.9 Å². The van der Waals surface area contributed by atoms with E-state index in [2.05, 4.69) is 24.3 Å². The Morgan fingerprint density at radius 3 is 2.81 bits per heavy atom. The molecule has 0 bridgehead atoms. The molecule has 1 N–H and O–H groups in total. The van der Waals surface area contributed by atoms with Crippen LogP contribution in [0.1, 0.15) is 38.4 Å². The fraction of sp³-hybridized carbons (Fsp3) is 0.750. The molecule has 16 heavy (non-hydrogen) atoms. The summed E-state index contributed by atoms with van der Waals surface area (Å²) < 4.78 is 7.46. The lowest BCUT2D eigenvalue weighted by molar-refractivity contribution is 0.382. The van der Waals surface area contributed by atoms with Crippen LogP contribution < -0.4 is 10.1 Å². The van der Waals surface area contributed by atoms with Gasteiger partial charge in [-0.15, -0.1) is 0 Å². The molecule has 0 spiro atoms. The third kappa shape index (κ3) is 2.07. The summed E-state index contributed by atoms with van der Waals surface area (Å²) in [4.78, 5) is 0. The smallest absolute Gasteiger partial charge is 0.161 e. The van der Waals surface area contributed by atoms with Crippen molar-refractivity contribution < 1.29 is 4.74 Å². The Labute approximate surface area is 97.0 Å². The molecular formula is C12H21N3O. The van der Waals surface area contributed by atoms with Crippen molar-refractivity contribution in [3.8, 4) is 5.75 Å². The molecule has 1 unspecified atom stereocenters. The minimum Gasteiger partial charge on any atom is -0.493 e. The maximum atomic E-state index is 5.41. The number of rotatable bonds is 6. The number of aromatic nitrogens is 2. The lowest BCUT2D eigenvalue weighted by Crippen LogP contribution is -2.25. The first-order chi connectivity index (χ1) is 7.81. The molecule has 4 nitrogen and oxygen atoms in total. The maximum absolute atomic E-state index is 5.41. The molecule has 1 atom stereocenters. The van der Waals surface area contributed by atoms with Crippen molar-refractivity contribution in [1.82, 2.24) is 15.1 Å². The normalized spacial score (nSPS) is 17.4. The zero-order valence-corrected chi connectivity index (χ0v) is 10.4. The molecule has 0 aromatic carbocycles. The van der Waals surface area contributed by atoms with Gasteiger partial charge < -0.3 is 10.1 Å². The average molecular weight is 223 g/mol. The van der Waals surface area contributed by atoms with Gasteiger partial charge in [-0.25, -0.2) is 0 Å². The first-order valence-corrected chi connectivity index (χ1v) is 6.14. The van der Waals surface area contributed by atoms with Crippen LogP contribution in [0, 0.1) is 5.92 Å². The van der Waals surface area contributed by atoms with Gasteiger partial charge in [-0.2, -0.15) is 5.10 Å². The molecule has 1 aliphatic rings. The van der Waals surface area contributed by atoms with E-state index in [-0.39, 0.29) is 0 Å². The van der Waals surface area contributed by atoms with Gasteiger partial charge in [0.1, 0.15) is 0 Å². The number of ether oxygens (including phenoxy) is 1. The Kier molecular flexibility index (Phi) is 3.49. The van der Waals surface area contributed by atoms with Crippen LogP contribution in [0.3, 0.4) is 0 Å².